The molecular formula is C32H48O8. The Hall–Kier alpha value is -2.22. The second-order valence-corrected chi connectivity index (χ2v) is 15.5. The average molecular weight is 561 g/mol. The van der Waals surface area contributed by atoms with Gasteiger partial charge in [-0.1, -0.05) is 47.1 Å². The molecule has 5 rings (SSSR count). The van der Waals surface area contributed by atoms with Crippen LogP contribution < -0.4 is 0 Å². The fraction of sp³-hybridized carbons (Fsp3) is 0.812. The zero-order chi connectivity index (χ0) is 30.3. The van der Waals surface area contributed by atoms with E-state index in [0.717, 1.165) is 51.4 Å². The summed E-state index contributed by atoms with van der Waals surface area (Å²) in [6.07, 6.45) is 9.95. The minimum Gasteiger partial charge on any atom is -0.481 e. The van der Waals surface area contributed by atoms with E-state index in [0.29, 0.717) is 12.3 Å². The van der Waals surface area contributed by atoms with Crippen molar-refractivity contribution in [1.82, 2.24) is 0 Å². The molecule has 9 atom stereocenters. The maximum absolute atomic E-state index is 14.2. The van der Waals surface area contributed by atoms with Crippen molar-refractivity contribution in [3.63, 3.8) is 0 Å². The SMILES string of the molecule is CC1(C)[C@@H](O)CC[C@]2(C)[C@H]3C(=O)C=C4[C@@H]5C[C@@](C)(C(=O)O)CC[C@]5(C)CC[C@@]4(C)[C@]3(C)CC[C@@H]12.O=C(O)C(=O)O. The molecule has 4 saturated carbocycles. The van der Waals surface area contributed by atoms with E-state index in [9.17, 15) is 19.8 Å². The summed E-state index contributed by atoms with van der Waals surface area (Å²) in [5.41, 5.74) is 0.142. The van der Waals surface area contributed by atoms with E-state index >= 15 is 0 Å². The molecule has 0 aliphatic heterocycles. The van der Waals surface area contributed by atoms with Gasteiger partial charge < -0.3 is 20.4 Å². The summed E-state index contributed by atoms with van der Waals surface area (Å²) in [6.45, 7) is 15.8. The number of fused-ring (bicyclic) bond motifs is 7. The third-order valence-electron chi connectivity index (χ3n) is 13.3. The van der Waals surface area contributed by atoms with Crippen molar-refractivity contribution in [3.05, 3.63) is 11.6 Å². The second kappa shape index (κ2) is 9.40. The van der Waals surface area contributed by atoms with Crippen molar-refractivity contribution in [3.8, 4) is 0 Å². The van der Waals surface area contributed by atoms with Gasteiger partial charge >= 0.3 is 17.9 Å². The lowest BCUT2D eigenvalue weighted by Gasteiger charge is -2.70. The minimum absolute atomic E-state index is 0.0296. The first-order valence-corrected chi connectivity index (χ1v) is 14.8. The predicted molar refractivity (Wildman–Crippen MR) is 148 cm³/mol. The molecule has 8 heteroatoms. The second-order valence-electron chi connectivity index (χ2n) is 15.5. The summed E-state index contributed by atoms with van der Waals surface area (Å²) in [6, 6.07) is 0. The highest BCUT2D eigenvalue weighted by Crippen LogP contribution is 2.75. The van der Waals surface area contributed by atoms with Gasteiger partial charge in [-0.05, 0) is 110 Å². The first kappa shape index (κ1) is 30.7. The van der Waals surface area contributed by atoms with E-state index in [4.69, 9.17) is 19.8 Å². The highest BCUT2D eigenvalue weighted by atomic mass is 16.4. The molecule has 8 nitrogen and oxygen atoms in total. The van der Waals surface area contributed by atoms with Crippen LogP contribution in [0.1, 0.15) is 106 Å². The van der Waals surface area contributed by atoms with Crippen LogP contribution in [0.3, 0.4) is 0 Å². The summed E-state index contributed by atoms with van der Waals surface area (Å²) in [7, 11) is 0. The quantitative estimate of drug-likeness (QED) is 0.304. The lowest BCUT2D eigenvalue weighted by molar-refractivity contribution is -0.202. The molecule has 4 fully saturated rings. The van der Waals surface area contributed by atoms with Gasteiger partial charge in [-0.25, -0.2) is 9.59 Å². The molecule has 0 spiro atoms. The monoisotopic (exact) mass is 560 g/mol. The molecule has 0 unspecified atom stereocenters. The average Bonchev–Trinajstić information content (AvgIpc) is 2.84. The normalized spacial score (nSPS) is 47.1. The number of hydrogen-bond donors (Lipinski definition) is 4. The molecule has 0 saturated heterocycles. The third kappa shape index (κ3) is 4.18. The summed E-state index contributed by atoms with van der Waals surface area (Å²) in [5.74, 6) is -3.59. The molecule has 0 heterocycles. The lowest BCUT2D eigenvalue weighted by Crippen LogP contribution is -2.66. The van der Waals surface area contributed by atoms with Crippen molar-refractivity contribution in [2.24, 2.45) is 50.2 Å². The van der Waals surface area contributed by atoms with E-state index in [1.165, 1.54) is 5.57 Å². The number of aliphatic hydroxyl groups excluding tert-OH is 1. The maximum Gasteiger partial charge on any atom is 0.414 e. The van der Waals surface area contributed by atoms with Crippen molar-refractivity contribution in [2.75, 3.05) is 0 Å². The molecule has 0 radical (unpaired) electrons. The van der Waals surface area contributed by atoms with Crippen LogP contribution in [-0.2, 0) is 19.2 Å². The van der Waals surface area contributed by atoms with Gasteiger partial charge in [0.25, 0.3) is 0 Å². The molecule has 40 heavy (non-hydrogen) atoms. The van der Waals surface area contributed by atoms with Crippen LogP contribution in [0.5, 0.6) is 0 Å². The Bertz CT molecular complexity index is 1140. The largest absolute Gasteiger partial charge is 0.481 e. The molecule has 0 amide bonds. The molecule has 0 bridgehead atoms. The molecule has 224 valence electrons. The van der Waals surface area contributed by atoms with E-state index in [2.05, 4.69) is 41.5 Å². The Balaban J connectivity index is 0.000000557. The number of carbonyl (C=O) groups excluding carboxylic acids is 1. The number of ketones is 1. The number of rotatable bonds is 1. The van der Waals surface area contributed by atoms with Gasteiger partial charge in [-0.2, -0.15) is 0 Å². The van der Waals surface area contributed by atoms with Crippen molar-refractivity contribution < 1.29 is 39.6 Å². The first-order chi connectivity index (χ1) is 18.2. The van der Waals surface area contributed by atoms with Gasteiger partial charge in [0.2, 0.25) is 0 Å². The van der Waals surface area contributed by atoms with Crippen LogP contribution in [-0.4, -0.2) is 50.2 Å². The van der Waals surface area contributed by atoms with Crippen LogP contribution in [0.25, 0.3) is 0 Å². The van der Waals surface area contributed by atoms with E-state index < -0.39 is 23.3 Å². The van der Waals surface area contributed by atoms with Gasteiger partial charge in [0.05, 0.1) is 11.5 Å². The zero-order valence-electron chi connectivity index (χ0n) is 25.2. The number of carboxylic acids is 3. The standard InChI is InChI=1S/C30H46O4.C2H2O4/c1-25(2)21-8-11-30(7)23(28(21,5)10-9-22(25)32)20(31)16-18-19-17-27(4,24(33)34)13-12-26(19,3)14-15-29(18,30)6;3-1(4)2(5)6/h16,19,21-23,32H,8-15,17H2,1-7H3,(H,33,34);(H,3,4)(H,5,6)/t19-,21-,22-,23+,26+,27-,28-,29+,30+;/m0./s1. The Morgan fingerprint density at radius 2 is 1.38 bits per heavy atom. The van der Waals surface area contributed by atoms with Gasteiger partial charge in [0.15, 0.2) is 5.78 Å². The number of hydrogen-bond acceptors (Lipinski definition) is 5. The third-order valence-corrected chi connectivity index (χ3v) is 13.3. The highest BCUT2D eigenvalue weighted by molar-refractivity contribution is 6.27. The summed E-state index contributed by atoms with van der Waals surface area (Å²) >= 11 is 0. The van der Waals surface area contributed by atoms with Crippen molar-refractivity contribution >= 4 is 23.7 Å². The number of aliphatic carboxylic acids is 3. The Morgan fingerprint density at radius 3 is 1.93 bits per heavy atom. The lowest BCUT2D eigenvalue weighted by atomic mass is 9.33. The van der Waals surface area contributed by atoms with Gasteiger partial charge in [-0.15, -0.1) is 0 Å². The summed E-state index contributed by atoms with van der Waals surface area (Å²) in [4.78, 5) is 44.6. The van der Waals surface area contributed by atoms with E-state index in [1.54, 1.807) is 0 Å². The summed E-state index contributed by atoms with van der Waals surface area (Å²) in [5, 5.41) is 35.7. The fourth-order valence-corrected chi connectivity index (χ4v) is 10.4. The highest BCUT2D eigenvalue weighted by Gasteiger charge is 2.70. The first-order valence-electron chi connectivity index (χ1n) is 14.8. The Labute approximate surface area is 237 Å². The van der Waals surface area contributed by atoms with Crippen molar-refractivity contribution in [2.45, 2.75) is 112 Å². The zero-order valence-corrected chi connectivity index (χ0v) is 25.2. The molecule has 4 N–H and O–H groups in total. The van der Waals surface area contributed by atoms with Crippen LogP contribution in [0.15, 0.2) is 11.6 Å². The minimum atomic E-state index is -1.82. The van der Waals surface area contributed by atoms with Crippen molar-refractivity contribution in [1.29, 1.82) is 0 Å². The Kier molecular flexibility index (Phi) is 7.22. The Morgan fingerprint density at radius 1 is 0.800 bits per heavy atom. The number of aliphatic hydroxyl groups is 1. The number of allylic oxidation sites excluding steroid dienone is 2. The smallest absolute Gasteiger partial charge is 0.414 e. The van der Waals surface area contributed by atoms with Gasteiger partial charge in [-0.3, -0.25) is 9.59 Å². The number of carboxylic acid groups (broad SMARTS) is 3. The molecule has 5 aliphatic carbocycles. The van der Waals surface area contributed by atoms with E-state index in [-0.39, 0.29) is 50.8 Å². The fourth-order valence-electron chi connectivity index (χ4n) is 10.4. The molecular weight excluding hydrogens is 512 g/mol. The topological polar surface area (TPSA) is 149 Å². The van der Waals surface area contributed by atoms with Crippen LogP contribution in [0.2, 0.25) is 0 Å². The van der Waals surface area contributed by atoms with Gasteiger partial charge in [0, 0.05) is 5.92 Å². The van der Waals surface area contributed by atoms with Gasteiger partial charge in [0.1, 0.15) is 0 Å². The molecule has 0 aromatic rings. The predicted octanol–water partition coefficient (Wildman–Crippen LogP) is 5.57. The van der Waals surface area contributed by atoms with E-state index in [1.807, 2.05) is 13.0 Å². The van der Waals surface area contributed by atoms with Crippen LogP contribution >= 0.6 is 0 Å². The summed E-state index contributed by atoms with van der Waals surface area (Å²) < 4.78 is 0. The molecule has 5 aliphatic rings. The van der Waals surface area contributed by atoms with Crippen LogP contribution in [0, 0.1) is 50.2 Å². The molecule has 0 aromatic heterocycles. The maximum atomic E-state index is 14.2. The number of carbonyl (C=O) groups is 4. The molecule has 0 aromatic carbocycles. The van der Waals surface area contributed by atoms with Crippen LogP contribution in [0.4, 0.5) is 0 Å².